The molecule has 3 N–H and O–H groups in total. The van der Waals surface area contributed by atoms with E-state index in [4.69, 9.17) is 5.73 Å². The average Bonchev–Trinajstić information content (AvgIpc) is 2.33. The number of aryl methyl sites for hydroxylation is 1. The molecule has 0 radical (unpaired) electrons. The highest BCUT2D eigenvalue weighted by Crippen LogP contribution is 2.37. The van der Waals surface area contributed by atoms with Crippen LogP contribution >= 0.6 is 0 Å². The third-order valence-corrected chi connectivity index (χ3v) is 5.87. The number of rotatable bonds is 5. The van der Waals surface area contributed by atoms with Crippen molar-refractivity contribution >= 4 is 21.4 Å². The van der Waals surface area contributed by atoms with Crippen LogP contribution in [0.3, 0.4) is 0 Å². The van der Waals surface area contributed by atoms with E-state index in [2.05, 4.69) is 4.72 Å². The van der Waals surface area contributed by atoms with Gasteiger partial charge in [-0.1, -0.05) is 6.92 Å². The van der Waals surface area contributed by atoms with E-state index in [1.807, 2.05) is 6.92 Å². The second-order valence-electron chi connectivity index (χ2n) is 5.53. The minimum atomic E-state index is -3.80. The van der Waals surface area contributed by atoms with Crippen LogP contribution in [0.2, 0.25) is 0 Å². The van der Waals surface area contributed by atoms with Crippen LogP contribution < -0.4 is 10.5 Å². The van der Waals surface area contributed by atoms with Crippen LogP contribution in [0.4, 0.5) is 11.4 Å². The minimum absolute atomic E-state index is 0.0368. The molecule has 1 aromatic carbocycles. The summed E-state index contributed by atoms with van der Waals surface area (Å²) in [6.45, 7) is 3.51. The Hall–Kier alpha value is -1.67. The van der Waals surface area contributed by atoms with Crippen molar-refractivity contribution in [2.45, 2.75) is 50.0 Å². The molecule has 0 atom stereocenters. The minimum Gasteiger partial charge on any atom is -0.393 e. The molecule has 1 aliphatic rings. The zero-order valence-corrected chi connectivity index (χ0v) is 12.9. The Morgan fingerprint density at radius 2 is 2.05 bits per heavy atom. The summed E-state index contributed by atoms with van der Waals surface area (Å²) in [7, 11) is -3.80. The van der Waals surface area contributed by atoms with Crippen molar-refractivity contribution < 1.29 is 13.3 Å². The molecule has 7 nitrogen and oxygen atoms in total. The number of nitrogens with zero attached hydrogens (tertiary/aromatic N) is 1. The molecule has 1 saturated carbocycles. The molecule has 0 aliphatic heterocycles. The van der Waals surface area contributed by atoms with Crippen molar-refractivity contribution in [3.8, 4) is 0 Å². The number of anilines is 1. The highest BCUT2D eigenvalue weighted by Gasteiger charge is 2.39. The number of hydrogen-bond donors (Lipinski definition) is 2. The SMILES string of the molecule is CCC1(NS(=O)(=O)c2cc([N+](=O)[O-])c(N)cc2C)CCC1. The van der Waals surface area contributed by atoms with Crippen molar-refractivity contribution in [3.63, 3.8) is 0 Å². The Labute approximate surface area is 123 Å². The summed E-state index contributed by atoms with van der Waals surface area (Å²) in [6.07, 6.45) is 3.26. The monoisotopic (exact) mass is 313 g/mol. The summed E-state index contributed by atoms with van der Waals surface area (Å²) in [4.78, 5) is 10.2. The maximum Gasteiger partial charge on any atom is 0.293 e. The molecule has 0 spiro atoms. The van der Waals surface area contributed by atoms with Gasteiger partial charge in [-0.3, -0.25) is 10.1 Å². The first-order valence-corrected chi connectivity index (χ1v) is 8.27. The highest BCUT2D eigenvalue weighted by molar-refractivity contribution is 7.89. The second-order valence-corrected chi connectivity index (χ2v) is 7.18. The third kappa shape index (κ3) is 2.86. The first-order valence-electron chi connectivity index (χ1n) is 6.79. The maximum atomic E-state index is 12.5. The summed E-state index contributed by atoms with van der Waals surface area (Å²) in [5.74, 6) is 0. The average molecular weight is 313 g/mol. The molecule has 1 fully saturated rings. The summed E-state index contributed by atoms with van der Waals surface area (Å²) in [5.41, 5.74) is 5.13. The van der Waals surface area contributed by atoms with Gasteiger partial charge in [-0.15, -0.1) is 0 Å². The molecule has 0 amide bonds. The van der Waals surface area contributed by atoms with Crippen LogP contribution in [-0.2, 0) is 10.0 Å². The topological polar surface area (TPSA) is 115 Å². The normalized spacial score (nSPS) is 17.2. The fourth-order valence-corrected chi connectivity index (χ4v) is 4.40. The standard InChI is InChI=1S/C13H19N3O4S/c1-3-13(5-4-6-13)15-21(19,20)12-8-11(16(17)18)10(14)7-9(12)2/h7-8,15H,3-6,14H2,1-2H3. The molecule has 0 saturated heterocycles. The van der Waals surface area contributed by atoms with Crippen LogP contribution in [0, 0.1) is 17.0 Å². The molecule has 8 heteroatoms. The number of nitro groups is 1. The smallest absolute Gasteiger partial charge is 0.293 e. The second kappa shape index (κ2) is 5.27. The molecular formula is C13H19N3O4S. The van der Waals surface area contributed by atoms with Gasteiger partial charge in [-0.2, -0.15) is 0 Å². The lowest BCUT2D eigenvalue weighted by Crippen LogP contribution is -2.52. The predicted octanol–water partition coefficient (Wildman–Crippen LogP) is 2.10. The number of nitrogens with one attached hydrogen (secondary N) is 1. The van der Waals surface area contributed by atoms with Crippen molar-refractivity contribution in [1.82, 2.24) is 4.72 Å². The van der Waals surface area contributed by atoms with Gasteiger partial charge >= 0.3 is 0 Å². The summed E-state index contributed by atoms with van der Waals surface area (Å²) >= 11 is 0. The largest absolute Gasteiger partial charge is 0.393 e. The van der Waals surface area contributed by atoms with Gasteiger partial charge in [0.15, 0.2) is 0 Å². The van der Waals surface area contributed by atoms with Crippen molar-refractivity contribution in [2.75, 3.05) is 5.73 Å². The molecule has 1 aromatic rings. The van der Waals surface area contributed by atoms with Crippen molar-refractivity contribution in [2.24, 2.45) is 0 Å². The fourth-order valence-electron chi connectivity index (χ4n) is 2.62. The van der Waals surface area contributed by atoms with Gasteiger partial charge in [0.1, 0.15) is 5.69 Å². The van der Waals surface area contributed by atoms with E-state index < -0.39 is 20.5 Å². The summed E-state index contributed by atoms with van der Waals surface area (Å²) < 4.78 is 27.8. The van der Waals surface area contributed by atoms with E-state index in [0.29, 0.717) is 12.0 Å². The fraction of sp³-hybridized carbons (Fsp3) is 0.538. The Kier molecular flexibility index (Phi) is 3.94. The van der Waals surface area contributed by atoms with E-state index in [1.54, 1.807) is 6.92 Å². The van der Waals surface area contributed by atoms with Gasteiger partial charge in [0.05, 0.1) is 9.82 Å². The Balaban J connectivity index is 2.45. The van der Waals surface area contributed by atoms with Gasteiger partial charge in [0.25, 0.3) is 5.69 Å². The molecule has 116 valence electrons. The highest BCUT2D eigenvalue weighted by atomic mass is 32.2. The van der Waals surface area contributed by atoms with Gasteiger partial charge in [-0.25, -0.2) is 13.1 Å². The maximum absolute atomic E-state index is 12.5. The van der Waals surface area contributed by atoms with E-state index in [-0.39, 0.29) is 16.3 Å². The number of benzene rings is 1. The zero-order chi connectivity index (χ0) is 15.8. The van der Waals surface area contributed by atoms with Gasteiger partial charge in [0.2, 0.25) is 10.0 Å². The molecule has 0 bridgehead atoms. The van der Waals surface area contributed by atoms with Gasteiger partial charge in [-0.05, 0) is 44.2 Å². The first kappa shape index (κ1) is 15.7. The number of hydrogen-bond acceptors (Lipinski definition) is 5. The van der Waals surface area contributed by atoms with Crippen LogP contribution in [0.1, 0.15) is 38.2 Å². The molecule has 1 aliphatic carbocycles. The Bertz CT molecular complexity index is 675. The number of nitrogens with two attached hydrogens (primary N) is 1. The van der Waals surface area contributed by atoms with Crippen molar-refractivity contribution in [1.29, 1.82) is 0 Å². The van der Waals surface area contributed by atoms with Crippen LogP contribution in [-0.4, -0.2) is 18.9 Å². The summed E-state index contributed by atoms with van der Waals surface area (Å²) in [6, 6.07) is 2.36. The van der Waals surface area contributed by atoms with Crippen LogP contribution in [0.15, 0.2) is 17.0 Å². The van der Waals surface area contributed by atoms with E-state index in [1.165, 1.54) is 6.07 Å². The molecular weight excluding hydrogens is 294 g/mol. The molecule has 0 aromatic heterocycles. The lowest BCUT2D eigenvalue weighted by atomic mass is 9.76. The van der Waals surface area contributed by atoms with Crippen LogP contribution in [0.25, 0.3) is 0 Å². The molecule has 2 rings (SSSR count). The molecule has 0 unspecified atom stereocenters. The van der Waals surface area contributed by atoms with Gasteiger partial charge < -0.3 is 5.73 Å². The van der Waals surface area contributed by atoms with Gasteiger partial charge in [0, 0.05) is 11.6 Å². The zero-order valence-electron chi connectivity index (χ0n) is 12.0. The molecule has 21 heavy (non-hydrogen) atoms. The Morgan fingerprint density at radius 1 is 1.43 bits per heavy atom. The van der Waals surface area contributed by atoms with E-state index in [0.717, 1.165) is 25.3 Å². The Morgan fingerprint density at radius 3 is 2.48 bits per heavy atom. The summed E-state index contributed by atoms with van der Waals surface area (Å²) in [5, 5.41) is 10.9. The van der Waals surface area contributed by atoms with Crippen molar-refractivity contribution in [3.05, 3.63) is 27.8 Å². The first-order chi connectivity index (χ1) is 9.71. The van der Waals surface area contributed by atoms with E-state index >= 15 is 0 Å². The lowest BCUT2D eigenvalue weighted by Gasteiger charge is -2.41. The number of nitro benzene ring substituents is 1. The third-order valence-electron chi connectivity index (χ3n) is 4.15. The molecule has 0 heterocycles. The van der Waals surface area contributed by atoms with E-state index in [9.17, 15) is 18.5 Å². The van der Waals surface area contributed by atoms with Crippen LogP contribution in [0.5, 0.6) is 0 Å². The number of sulfonamides is 1. The predicted molar refractivity (Wildman–Crippen MR) is 79.4 cm³/mol. The number of nitrogen functional groups attached to an aromatic ring is 1. The quantitative estimate of drug-likeness (QED) is 0.490. The lowest BCUT2D eigenvalue weighted by molar-refractivity contribution is -0.384.